The van der Waals surface area contributed by atoms with Crippen LogP contribution in [0.15, 0.2) is 83.9 Å². The number of carbonyl (C=O) groups is 1. The second-order valence-electron chi connectivity index (χ2n) is 7.98. The van der Waals surface area contributed by atoms with Crippen LogP contribution in [-0.2, 0) is 14.8 Å². The number of carbonyl (C=O) groups excluding carboxylic acids is 1. The molecule has 3 aromatic carbocycles. The summed E-state index contributed by atoms with van der Waals surface area (Å²) in [5, 5.41) is 7.64. The number of pyridine rings is 1. The van der Waals surface area contributed by atoms with Crippen LogP contribution in [0, 0.1) is 6.92 Å². The minimum Gasteiger partial charge on any atom is -0.484 e. The van der Waals surface area contributed by atoms with E-state index in [-0.39, 0.29) is 17.4 Å². The number of benzene rings is 3. The first-order valence-electron chi connectivity index (χ1n) is 11.2. The Morgan fingerprint density at radius 3 is 2.58 bits per heavy atom. The van der Waals surface area contributed by atoms with Gasteiger partial charge < -0.3 is 15.4 Å². The third kappa shape index (κ3) is 6.44. The highest BCUT2D eigenvalue weighted by atomic mass is 35.5. The van der Waals surface area contributed by atoms with Crippen molar-refractivity contribution in [2.45, 2.75) is 11.8 Å². The number of hydrogen-bond donors (Lipinski definition) is 3. The molecule has 36 heavy (non-hydrogen) atoms. The lowest BCUT2D eigenvalue weighted by Gasteiger charge is -2.13. The zero-order chi connectivity index (χ0) is 25.5. The fraction of sp³-hybridized carbons (Fsp3) is 0.154. The molecule has 0 aliphatic rings. The number of hydrogen-bond acceptors (Lipinski definition) is 6. The molecule has 0 unspecified atom stereocenters. The van der Waals surface area contributed by atoms with E-state index >= 15 is 0 Å². The zero-order valence-corrected chi connectivity index (χ0v) is 21.1. The molecule has 4 aromatic rings. The lowest BCUT2D eigenvalue weighted by molar-refractivity contribution is -0.123. The molecule has 1 aromatic heterocycles. The van der Waals surface area contributed by atoms with Gasteiger partial charge in [-0.3, -0.25) is 14.5 Å². The normalized spacial score (nSPS) is 11.2. The molecule has 0 fully saturated rings. The monoisotopic (exact) mass is 524 g/mol. The number of rotatable bonds is 10. The van der Waals surface area contributed by atoms with Gasteiger partial charge in [-0.1, -0.05) is 29.8 Å². The highest BCUT2D eigenvalue weighted by molar-refractivity contribution is 7.92. The van der Waals surface area contributed by atoms with E-state index in [9.17, 15) is 13.2 Å². The minimum atomic E-state index is -3.74. The molecule has 4 rings (SSSR count). The molecule has 8 nitrogen and oxygen atoms in total. The van der Waals surface area contributed by atoms with E-state index in [0.717, 1.165) is 16.6 Å². The van der Waals surface area contributed by atoms with E-state index in [1.54, 1.807) is 61.7 Å². The number of halogens is 1. The Hall–Kier alpha value is -3.82. The molecule has 186 valence electrons. The van der Waals surface area contributed by atoms with Gasteiger partial charge in [0.15, 0.2) is 6.61 Å². The van der Waals surface area contributed by atoms with Gasteiger partial charge in [-0.25, -0.2) is 8.42 Å². The van der Waals surface area contributed by atoms with Crippen molar-refractivity contribution in [1.82, 2.24) is 10.3 Å². The molecule has 0 aliphatic heterocycles. The third-order valence-electron chi connectivity index (χ3n) is 5.31. The van der Waals surface area contributed by atoms with Crippen LogP contribution < -0.4 is 20.1 Å². The van der Waals surface area contributed by atoms with Gasteiger partial charge in [0.25, 0.3) is 15.9 Å². The van der Waals surface area contributed by atoms with Crippen molar-refractivity contribution >= 4 is 49.8 Å². The first-order valence-corrected chi connectivity index (χ1v) is 13.0. The average molecular weight is 525 g/mol. The summed E-state index contributed by atoms with van der Waals surface area (Å²) in [6.45, 7) is 2.44. The summed E-state index contributed by atoms with van der Waals surface area (Å²) >= 11 is 6.02. The zero-order valence-electron chi connectivity index (χ0n) is 19.5. The number of fused-ring (bicyclic) bond motifs is 1. The van der Waals surface area contributed by atoms with E-state index in [0.29, 0.717) is 35.1 Å². The Bertz CT molecular complexity index is 1480. The highest BCUT2D eigenvalue weighted by Gasteiger charge is 2.16. The number of ether oxygens (including phenoxy) is 1. The Morgan fingerprint density at radius 2 is 1.81 bits per heavy atom. The Labute approximate surface area is 214 Å². The van der Waals surface area contributed by atoms with E-state index in [2.05, 4.69) is 20.3 Å². The summed E-state index contributed by atoms with van der Waals surface area (Å²) in [7, 11) is -3.74. The van der Waals surface area contributed by atoms with Gasteiger partial charge in [0.1, 0.15) is 5.75 Å². The minimum absolute atomic E-state index is 0.109. The molecule has 1 heterocycles. The van der Waals surface area contributed by atoms with Crippen molar-refractivity contribution in [2.24, 2.45) is 0 Å². The van der Waals surface area contributed by atoms with E-state index in [1.165, 1.54) is 12.1 Å². The van der Waals surface area contributed by atoms with Crippen molar-refractivity contribution in [1.29, 1.82) is 0 Å². The molecule has 0 radical (unpaired) electrons. The summed E-state index contributed by atoms with van der Waals surface area (Å²) in [5.41, 5.74) is 2.76. The van der Waals surface area contributed by atoms with Crippen molar-refractivity contribution in [3.63, 3.8) is 0 Å². The van der Waals surface area contributed by atoms with Crippen LogP contribution in [0.1, 0.15) is 5.56 Å². The number of nitrogens with zero attached hydrogens (tertiary/aromatic N) is 1. The van der Waals surface area contributed by atoms with Crippen molar-refractivity contribution in [2.75, 3.05) is 29.7 Å². The molecule has 0 spiro atoms. The Morgan fingerprint density at radius 1 is 1.00 bits per heavy atom. The van der Waals surface area contributed by atoms with Gasteiger partial charge in [-0.05, 0) is 67.1 Å². The summed E-state index contributed by atoms with van der Waals surface area (Å²) in [6.07, 6.45) is 1.70. The van der Waals surface area contributed by atoms with Crippen molar-refractivity contribution in [3.8, 4) is 5.75 Å². The van der Waals surface area contributed by atoms with Crippen LogP contribution in [0.5, 0.6) is 5.75 Å². The molecule has 0 bridgehead atoms. The lowest BCUT2D eigenvalue weighted by atomic mass is 10.2. The standard InChI is InChI=1S/C26H25ClN4O4S/c1-18-15-21(36(33,34)31-20-5-3-2-4-6-20)8-10-25(18)35-17-26(32)30-14-13-29-23-11-12-28-24-16-19(27)7-9-22(23)24/h2-12,15-16,31H,13-14,17H2,1H3,(H,28,29)(H,30,32). The fourth-order valence-electron chi connectivity index (χ4n) is 3.54. The quantitative estimate of drug-likeness (QED) is 0.261. The van der Waals surface area contributed by atoms with E-state index in [1.807, 2.05) is 12.1 Å². The number of aromatic nitrogens is 1. The number of aryl methyl sites for hydroxylation is 1. The summed E-state index contributed by atoms with van der Waals surface area (Å²) in [6, 6.07) is 20.5. The van der Waals surface area contributed by atoms with Crippen molar-refractivity contribution in [3.05, 3.63) is 89.6 Å². The van der Waals surface area contributed by atoms with Gasteiger partial charge >= 0.3 is 0 Å². The SMILES string of the molecule is Cc1cc(S(=O)(=O)Nc2ccccc2)ccc1OCC(=O)NCCNc1ccnc2cc(Cl)ccc12. The molecule has 0 atom stereocenters. The van der Waals surface area contributed by atoms with Crippen molar-refractivity contribution < 1.29 is 17.9 Å². The third-order valence-corrected chi connectivity index (χ3v) is 6.92. The van der Waals surface area contributed by atoms with Gasteiger partial charge in [-0.2, -0.15) is 0 Å². The number of para-hydroxylation sites is 1. The summed E-state index contributed by atoms with van der Waals surface area (Å²) in [5.74, 6) is 0.147. The molecule has 1 amide bonds. The molecular weight excluding hydrogens is 500 g/mol. The van der Waals surface area contributed by atoms with Crippen LogP contribution in [0.25, 0.3) is 10.9 Å². The number of sulfonamides is 1. The highest BCUT2D eigenvalue weighted by Crippen LogP contribution is 2.25. The predicted molar refractivity (Wildman–Crippen MR) is 142 cm³/mol. The molecule has 0 aliphatic carbocycles. The van der Waals surface area contributed by atoms with Gasteiger partial charge in [0.2, 0.25) is 0 Å². The van der Waals surface area contributed by atoms with Crippen LogP contribution in [0.2, 0.25) is 5.02 Å². The maximum Gasteiger partial charge on any atom is 0.261 e. The summed E-state index contributed by atoms with van der Waals surface area (Å²) < 4.78 is 33.4. The molecule has 10 heteroatoms. The predicted octanol–water partition coefficient (Wildman–Crippen LogP) is 4.60. The van der Waals surface area contributed by atoms with Gasteiger partial charge in [0, 0.05) is 41.1 Å². The second kappa shape index (κ2) is 11.3. The average Bonchev–Trinajstić information content (AvgIpc) is 2.86. The summed E-state index contributed by atoms with van der Waals surface area (Å²) in [4.78, 5) is 16.6. The maximum absolute atomic E-state index is 12.6. The molecule has 3 N–H and O–H groups in total. The second-order valence-corrected chi connectivity index (χ2v) is 10.1. The molecular formula is C26H25ClN4O4S. The lowest BCUT2D eigenvalue weighted by Crippen LogP contribution is -2.32. The number of amides is 1. The van der Waals surface area contributed by atoms with Crippen LogP contribution in [0.4, 0.5) is 11.4 Å². The number of anilines is 2. The number of nitrogens with one attached hydrogen (secondary N) is 3. The Balaban J connectivity index is 1.26. The van der Waals surface area contributed by atoms with Crippen LogP contribution >= 0.6 is 11.6 Å². The smallest absolute Gasteiger partial charge is 0.261 e. The molecule has 0 saturated carbocycles. The van der Waals surface area contributed by atoms with Gasteiger partial charge in [-0.15, -0.1) is 0 Å². The van der Waals surface area contributed by atoms with Crippen LogP contribution in [-0.4, -0.2) is 39.0 Å². The van der Waals surface area contributed by atoms with E-state index < -0.39 is 10.0 Å². The van der Waals surface area contributed by atoms with E-state index in [4.69, 9.17) is 16.3 Å². The molecule has 0 saturated heterocycles. The topological polar surface area (TPSA) is 109 Å². The van der Waals surface area contributed by atoms with Crippen LogP contribution in [0.3, 0.4) is 0 Å². The van der Waals surface area contributed by atoms with Gasteiger partial charge in [0.05, 0.1) is 10.4 Å². The first kappa shape index (κ1) is 25.3. The maximum atomic E-state index is 12.6. The first-order chi connectivity index (χ1) is 17.3. The largest absolute Gasteiger partial charge is 0.484 e. The Kier molecular flexibility index (Phi) is 7.92. The fourth-order valence-corrected chi connectivity index (χ4v) is 4.85.